The molecule has 4 nitrogen and oxygen atoms in total. The van der Waals surface area contributed by atoms with Crippen LogP contribution in [0.1, 0.15) is 56.6 Å². The van der Waals surface area contributed by atoms with E-state index in [1.165, 1.54) is 11.4 Å². The van der Waals surface area contributed by atoms with Gasteiger partial charge < -0.3 is 9.88 Å². The molecule has 5 heteroatoms. The van der Waals surface area contributed by atoms with Crippen molar-refractivity contribution in [1.82, 2.24) is 15.3 Å². The molecule has 1 heterocycles. The van der Waals surface area contributed by atoms with E-state index in [-0.39, 0.29) is 0 Å². The summed E-state index contributed by atoms with van der Waals surface area (Å²) in [5.41, 5.74) is 6.46. The lowest BCUT2D eigenvalue weighted by Gasteiger charge is -2.13. The van der Waals surface area contributed by atoms with Crippen molar-refractivity contribution in [1.29, 1.82) is 0 Å². The third-order valence-electron chi connectivity index (χ3n) is 3.23. The molecule has 1 aromatic heterocycles. The zero-order valence-corrected chi connectivity index (χ0v) is 14.0. The Morgan fingerprint density at radius 1 is 1.45 bits per heavy atom. The van der Waals surface area contributed by atoms with Crippen LogP contribution < -0.4 is 10.7 Å². The molecule has 0 saturated carbocycles. The standard InChI is InChI=1S/C15H26N4S/c1-6-7-8-16-15(20)18-17-10-14-9-12(4)19(11(2)3)13(14)5/h9-11H,6-8H2,1-5H3,(H2,16,18,20)/b17-10-. The summed E-state index contributed by atoms with van der Waals surface area (Å²) in [5, 5.41) is 7.90. The van der Waals surface area contributed by atoms with E-state index in [1.807, 2.05) is 6.21 Å². The van der Waals surface area contributed by atoms with Gasteiger partial charge in [-0.25, -0.2) is 0 Å². The largest absolute Gasteiger partial charge is 0.361 e. The highest BCUT2D eigenvalue weighted by Gasteiger charge is 2.09. The fourth-order valence-electron chi connectivity index (χ4n) is 2.31. The van der Waals surface area contributed by atoms with Gasteiger partial charge in [-0.2, -0.15) is 5.10 Å². The number of hydrazone groups is 1. The van der Waals surface area contributed by atoms with Gasteiger partial charge in [-0.1, -0.05) is 13.3 Å². The van der Waals surface area contributed by atoms with Crippen LogP contribution in [0.25, 0.3) is 0 Å². The van der Waals surface area contributed by atoms with Crippen LogP contribution in [0.2, 0.25) is 0 Å². The molecule has 112 valence electrons. The van der Waals surface area contributed by atoms with Crippen LogP contribution >= 0.6 is 12.2 Å². The second-order valence-corrected chi connectivity index (χ2v) is 5.68. The quantitative estimate of drug-likeness (QED) is 0.366. The number of hydrogen-bond acceptors (Lipinski definition) is 2. The van der Waals surface area contributed by atoms with Crippen LogP contribution in [0.15, 0.2) is 11.2 Å². The Morgan fingerprint density at radius 3 is 2.70 bits per heavy atom. The number of aromatic nitrogens is 1. The monoisotopic (exact) mass is 294 g/mol. The fourth-order valence-corrected chi connectivity index (χ4v) is 2.46. The summed E-state index contributed by atoms with van der Waals surface area (Å²) in [4.78, 5) is 0. The Bertz CT molecular complexity index is 474. The molecule has 0 saturated heterocycles. The van der Waals surface area contributed by atoms with Gasteiger partial charge in [0.2, 0.25) is 0 Å². The van der Waals surface area contributed by atoms with Gasteiger partial charge in [0, 0.05) is 29.5 Å². The number of thiocarbonyl (C=S) groups is 1. The molecule has 1 rings (SSSR count). The summed E-state index contributed by atoms with van der Waals surface area (Å²) in [5.74, 6) is 0. The molecular weight excluding hydrogens is 268 g/mol. The summed E-state index contributed by atoms with van der Waals surface area (Å²) in [6.07, 6.45) is 4.09. The first-order valence-electron chi connectivity index (χ1n) is 7.22. The number of aryl methyl sites for hydroxylation is 1. The maximum Gasteiger partial charge on any atom is 0.186 e. The summed E-state index contributed by atoms with van der Waals surface area (Å²) in [7, 11) is 0. The predicted octanol–water partition coefficient (Wildman–Crippen LogP) is 3.28. The normalized spacial score (nSPS) is 11.3. The summed E-state index contributed by atoms with van der Waals surface area (Å²) < 4.78 is 2.30. The van der Waals surface area contributed by atoms with Gasteiger partial charge in [0.15, 0.2) is 5.11 Å². The number of nitrogens with zero attached hydrogens (tertiary/aromatic N) is 2. The van der Waals surface area contributed by atoms with Crippen LogP contribution in [-0.4, -0.2) is 22.4 Å². The minimum atomic E-state index is 0.460. The molecule has 0 unspecified atom stereocenters. The predicted molar refractivity (Wildman–Crippen MR) is 90.5 cm³/mol. The Balaban J connectivity index is 2.59. The first-order chi connectivity index (χ1) is 9.47. The van der Waals surface area contributed by atoms with Gasteiger partial charge in [-0.3, -0.25) is 5.43 Å². The molecule has 0 atom stereocenters. The van der Waals surface area contributed by atoms with E-state index in [1.54, 1.807) is 0 Å². The van der Waals surface area contributed by atoms with Crippen molar-refractivity contribution in [3.8, 4) is 0 Å². The zero-order valence-electron chi connectivity index (χ0n) is 13.2. The van der Waals surface area contributed by atoms with Crippen molar-refractivity contribution in [3.05, 3.63) is 23.0 Å². The van der Waals surface area contributed by atoms with E-state index in [9.17, 15) is 0 Å². The van der Waals surface area contributed by atoms with Gasteiger partial charge in [-0.15, -0.1) is 0 Å². The molecule has 0 bridgehead atoms. The van der Waals surface area contributed by atoms with Crippen molar-refractivity contribution in [3.63, 3.8) is 0 Å². The highest BCUT2D eigenvalue weighted by Crippen LogP contribution is 2.18. The number of unbranched alkanes of at least 4 members (excludes halogenated alkanes) is 1. The van der Waals surface area contributed by atoms with Crippen molar-refractivity contribution in [2.45, 2.75) is 53.5 Å². The van der Waals surface area contributed by atoms with Gasteiger partial charge in [0.1, 0.15) is 0 Å². The Hall–Kier alpha value is -1.36. The maximum atomic E-state index is 5.15. The molecule has 0 spiro atoms. The third-order valence-corrected chi connectivity index (χ3v) is 3.46. The summed E-state index contributed by atoms with van der Waals surface area (Å²) in [6, 6.07) is 2.61. The maximum absolute atomic E-state index is 5.15. The number of nitrogens with one attached hydrogen (secondary N) is 2. The minimum absolute atomic E-state index is 0.460. The summed E-state index contributed by atoms with van der Waals surface area (Å²) in [6.45, 7) is 11.7. The van der Waals surface area contributed by atoms with Crippen molar-refractivity contribution in [2.24, 2.45) is 5.10 Å². The molecule has 0 aromatic carbocycles. The van der Waals surface area contributed by atoms with Crippen molar-refractivity contribution >= 4 is 23.5 Å². The van der Waals surface area contributed by atoms with Crippen molar-refractivity contribution in [2.75, 3.05) is 6.54 Å². The molecular formula is C15H26N4S. The van der Waals surface area contributed by atoms with E-state index < -0.39 is 0 Å². The van der Waals surface area contributed by atoms with E-state index in [2.05, 4.69) is 61.1 Å². The van der Waals surface area contributed by atoms with E-state index in [0.717, 1.165) is 24.9 Å². The molecule has 0 aliphatic heterocycles. The first-order valence-corrected chi connectivity index (χ1v) is 7.63. The van der Waals surface area contributed by atoms with Crippen LogP contribution in [0.5, 0.6) is 0 Å². The van der Waals surface area contributed by atoms with Gasteiger partial charge in [0.25, 0.3) is 0 Å². The molecule has 2 N–H and O–H groups in total. The molecule has 0 aliphatic carbocycles. The summed E-state index contributed by atoms with van der Waals surface area (Å²) >= 11 is 5.15. The Labute approximate surface area is 127 Å². The second kappa shape index (κ2) is 8.04. The van der Waals surface area contributed by atoms with E-state index in [0.29, 0.717) is 11.2 Å². The molecule has 20 heavy (non-hydrogen) atoms. The molecule has 0 fully saturated rings. The third kappa shape index (κ3) is 4.63. The lowest BCUT2D eigenvalue weighted by atomic mass is 10.2. The van der Waals surface area contributed by atoms with Crippen molar-refractivity contribution < 1.29 is 0 Å². The van der Waals surface area contributed by atoms with Gasteiger partial charge in [-0.05, 0) is 52.4 Å². The van der Waals surface area contributed by atoms with Crippen LogP contribution in [-0.2, 0) is 0 Å². The van der Waals surface area contributed by atoms with Gasteiger partial charge in [0.05, 0.1) is 6.21 Å². The van der Waals surface area contributed by atoms with E-state index in [4.69, 9.17) is 12.2 Å². The molecule has 0 radical (unpaired) electrons. The van der Waals surface area contributed by atoms with Crippen LogP contribution in [0.3, 0.4) is 0 Å². The highest BCUT2D eigenvalue weighted by atomic mass is 32.1. The average molecular weight is 294 g/mol. The van der Waals surface area contributed by atoms with Crippen LogP contribution in [0.4, 0.5) is 0 Å². The minimum Gasteiger partial charge on any atom is -0.361 e. The Kier molecular flexibility index (Phi) is 6.71. The zero-order chi connectivity index (χ0) is 15.1. The van der Waals surface area contributed by atoms with Gasteiger partial charge >= 0.3 is 0 Å². The number of hydrogen-bond donors (Lipinski definition) is 2. The Morgan fingerprint density at radius 2 is 2.15 bits per heavy atom. The first kappa shape index (κ1) is 16.7. The number of rotatable bonds is 6. The fraction of sp³-hybridized carbons (Fsp3) is 0.600. The molecule has 1 aromatic rings. The lowest BCUT2D eigenvalue weighted by Crippen LogP contribution is -2.32. The second-order valence-electron chi connectivity index (χ2n) is 5.27. The lowest BCUT2D eigenvalue weighted by molar-refractivity contribution is 0.574. The molecule has 0 amide bonds. The van der Waals surface area contributed by atoms with E-state index >= 15 is 0 Å². The van der Waals surface area contributed by atoms with Crippen LogP contribution in [0, 0.1) is 13.8 Å². The highest BCUT2D eigenvalue weighted by molar-refractivity contribution is 7.80. The SMILES string of the molecule is CCCCNC(=S)N/N=C\c1cc(C)n(C(C)C)c1C. The smallest absolute Gasteiger partial charge is 0.186 e. The molecule has 0 aliphatic rings. The average Bonchev–Trinajstić information content (AvgIpc) is 2.65. The topological polar surface area (TPSA) is 41.4 Å².